The molecule has 3 aliphatic heterocycles. The van der Waals surface area contributed by atoms with Crippen molar-refractivity contribution in [3.8, 4) is 0 Å². The summed E-state index contributed by atoms with van der Waals surface area (Å²) >= 11 is 2.41. The van der Waals surface area contributed by atoms with E-state index in [1.807, 2.05) is 6.26 Å². The number of ether oxygens (including phenoxy) is 1. The minimum atomic E-state index is -0.731. The van der Waals surface area contributed by atoms with E-state index in [1.54, 1.807) is 11.8 Å². The molecule has 3 heterocycles. The van der Waals surface area contributed by atoms with Crippen LogP contribution in [0.4, 0.5) is 4.79 Å². The smallest absolute Gasteiger partial charge is 0.290 e. The third kappa shape index (κ3) is 2.45. The number of amides is 2. The minimum Gasteiger partial charge on any atom is -0.394 e. The van der Waals surface area contributed by atoms with Gasteiger partial charge in [0.2, 0.25) is 11.9 Å². The molecule has 0 aromatic heterocycles. The zero-order valence-corrected chi connectivity index (χ0v) is 12.7. The first kappa shape index (κ1) is 14.8. The maximum atomic E-state index is 12.2. The molecule has 8 nitrogen and oxygen atoms in total. The zero-order chi connectivity index (χ0) is 15.1. The lowest BCUT2D eigenvalue weighted by Gasteiger charge is -2.29. The third-order valence-electron chi connectivity index (χ3n) is 3.51. The fraction of sp³-hybridized carbons (Fsp3) is 0.636. The van der Waals surface area contributed by atoms with Gasteiger partial charge in [0.15, 0.2) is 11.5 Å². The van der Waals surface area contributed by atoms with Gasteiger partial charge in [-0.3, -0.25) is 25.2 Å². The van der Waals surface area contributed by atoms with Crippen molar-refractivity contribution in [2.45, 2.75) is 29.3 Å². The number of nitrogens with zero attached hydrogens (tertiary/aromatic N) is 2. The molecule has 0 radical (unpaired) electrons. The topological polar surface area (TPSA) is 115 Å². The summed E-state index contributed by atoms with van der Waals surface area (Å²) in [4.78, 5) is 29.4. The van der Waals surface area contributed by atoms with E-state index in [9.17, 15) is 14.7 Å². The molecule has 114 valence electrons. The van der Waals surface area contributed by atoms with Crippen LogP contribution >= 0.6 is 23.5 Å². The predicted molar refractivity (Wildman–Crippen MR) is 79.6 cm³/mol. The van der Waals surface area contributed by atoms with E-state index >= 15 is 0 Å². The summed E-state index contributed by atoms with van der Waals surface area (Å²) in [7, 11) is 0. The summed E-state index contributed by atoms with van der Waals surface area (Å²) in [5, 5.41) is 18.0. The Hall–Kier alpha value is -1.10. The first-order chi connectivity index (χ1) is 10.0. The van der Waals surface area contributed by atoms with Crippen molar-refractivity contribution in [3.63, 3.8) is 0 Å². The first-order valence-corrected chi connectivity index (χ1v) is 8.49. The Morgan fingerprint density at radius 2 is 2.38 bits per heavy atom. The molecule has 2 saturated heterocycles. The van der Waals surface area contributed by atoms with Gasteiger partial charge in [-0.25, -0.2) is 0 Å². The van der Waals surface area contributed by atoms with Gasteiger partial charge in [-0.2, -0.15) is 16.8 Å². The molecule has 1 unspecified atom stereocenters. The number of thioether (sulfide) groups is 2. The largest absolute Gasteiger partial charge is 0.394 e. The van der Waals surface area contributed by atoms with Gasteiger partial charge in [0.25, 0.3) is 5.24 Å². The van der Waals surface area contributed by atoms with Crippen molar-refractivity contribution in [3.05, 3.63) is 0 Å². The highest BCUT2D eigenvalue weighted by Crippen LogP contribution is 2.38. The number of nitrogens with one attached hydrogen (secondary N) is 2. The molecular weight excluding hydrogens is 316 g/mol. The highest BCUT2D eigenvalue weighted by atomic mass is 32.2. The Labute approximate surface area is 129 Å². The molecule has 2 amide bonds. The Kier molecular flexibility index (Phi) is 3.95. The Morgan fingerprint density at radius 1 is 1.62 bits per heavy atom. The van der Waals surface area contributed by atoms with Gasteiger partial charge in [0.1, 0.15) is 5.84 Å². The molecule has 2 fully saturated rings. The van der Waals surface area contributed by atoms with Gasteiger partial charge in [0, 0.05) is 0 Å². The SMILES string of the molecule is CS[C@@H]1C[C@@H](CO)O[C@H]1N1C(=O)SC2C(=O)NC(=N)N=C21. The Balaban J connectivity index is 1.92. The molecule has 0 aromatic rings. The summed E-state index contributed by atoms with van der Waals surface area (Å²) in [5.41, 5.74) is 0. The fourth-order valence-corrected chi connectivity index (χ4v) is 4.32. The van der Waals surface area contributed by atoms with Crippen LogP contribution in [0.25, 0.3) is 0 Å². The van der Waals surface area contributed by atoms with Crippen molar-refractivity contribution in [2.24, 2.45) is 4.99 Å². The standard InChI is InChI=1S/C11H14N4O4S2/c1-20-5-2-4(3-16)19-9(5)15-7-6(21-11(15)18)8(17)14-10(12)13-7/h4-6,9,16H,2-3H2,1H3,(H2,12,14,17)/t4-,5+,6?,9+/m0/s1. The van der Waals surface area contributed by atoms with Crippen LogP contribution in [0.1, 0.15) is 6.42 Å². The molecule has 0 spiro atoms. The van der Waals surface area contributed by atoms with Crippen molar-refractivity contribution < 1.29 is 19.4 Å². The van der Waals surface area contributed by atoms with E-state index in [4.69, 9.17) is 10.1 Å². The number of fused-ring (bicyclic) bond motifs is 1. The summed E-state index contributed by atoms with van der Waals surface area (Å²) in [6.07, 6.45) is 1.63. The Morgan fingerprint density at radius 3 is 3.05 bits per heavy atom. The number of guanidine groups is 1. The lowest BCUT2D eigenvalue weighted by molar-refractivity contribution is -0.118. The predicted octanol–water partition coefficient (Wildman–Crippen LogP) is -0.174. The molecule has 3 aliphatic rings. The van der Waals surface area contributed by atoms with Gasteiger partial charge < -0.3 is 9.84 Å². The zero-order valence-electron chi connectivity index (χ0n) is 11.1. The number of carbonyl (C=O) groups is 2. The molecule has 0 aromatic carbocycles. The second-order valence-corrected chi connectivity index (χ2v) is 6.92. The lowest BCUT2D eigenvalue weighted by Crippen LogP contribution is -2.51. The van der Waals surface area contributed by atoms with Crippen LogP contribution < -0.4 is 5.32 Å². The maximum absolute atomic E-state index is 12.2. The molecule has 4 atom stereocenters. The van der Waals surface area contributed by atoms with E-state index in [2.05, 4.69) is 10.3 Å². The second-order valence-electron chi connectivity index (χ2n) is 4.78. The third-order valence-corrected chi connectivity index (χ3v) is 5.60. The number of aliphatic hydroxyl groups excluding tert-OH is 1. The number of amidine groups is 1. The maximum Gasteiger partial charge on any atom is 0.290 e. The number of aliphatic hydroxyl groups is 1. The van der Waals surface area contributed by atoms with Crippen LogP contribution in [-0.2, 0) is 9.53 Å². The van der Waals surface area contributed by atoms with E-state index in [0.29, 0.717) is 6.42 Å². The summed E-state index contributed by atoms with van der Waals surface area (Å²) in [6, 6.07) is 0. The second kappa shape index (κ2) is 5.59. The van der Waals surface area contributed by atoms with Crippen molar-refractivity contribution in [1.82, 2.24) is 10.2 Å². The Bertz CT molecular complexity index is 540. The molecule has 3 rings (SSSR count). The highest BCUT2D eigenvalue weighted by molar-refractivity contribution is 8.16. The average Bonchev–Trinajstić information content (AvgIpc) is 2.99. The van der Waals surface area contributed by atoms with Crippen LogP contribution in [0, 0.1) is 5.41 Å². The van der Waals surface area contributed by atoms with Crippen molar-refractivity contribution in [1.29, 1.82) is 5.41 Å². The number of rotatable bonds is 3. The van der Waals surface area contributed by atoms with E-state index in [1.165, 1.54) is 4.90 Å². The van der Waals surface area contributed by atoms with Crippen molar-refractivity contribution >= 4 is 46.5 Å². The van der Waals surface area contributed by atoms with Crippen LogP contribution in [0.15, 0.2) is 4.99 Å². The average molecular weight is 330 g/mol. The van der Waals surface area contributed by atoms with Crippen LogP contribution in [0.2, 0.25) is 0 Å². The summed E-state index contributed by atoms with van der Waals surface area (Å²) in [6.45, 7) is -0.116. The van der Waals surface area contributed by atoms with Gasteiger partial charge in [-0.15, -0.1) is 0 Å². The van der Waals surface area contributed by atoms with Gasteiger partial charge >= 0.3 is 0 Å². The highest BCUT2D eigenvalue weighted by Gasteiger charge is 2.51. The van der Waals surface area contributed by atoms with Gasteiger partial charge in [-0.05, 0) is 24.4 Å². The molecular formula is C11H14N4O4S2. The quantitative estimate of drug-likeness (QED) is 0.661. The van der Waals surface area contributed by atoms with E-state index in [-0.39, 0.29) is 35.0 Å². The molecule has 0 saturated carbocycles. The number of carbonyl (C=O) groups excluding carboxylic acids is 2. The monoisotopic (exact) mass is 330 g/mol. The van der Waals surface area contributed by atoms with Gasteiger partial charge in [0.05, 0.1) is 18.0 Å². The van der Waals surface area contributed by atoms with E-state index in [0.717, 1.165) is 11.8 Å². The first-order valence-electron chi connectivity index (χ1n) is 6.32. The molecule has 10 heteroatoms. The van der Waals surface area contributed by atoms with Crippen molar-refractivity contribution in [2.75, 3.05) is 12.9 Å². The van der Waals surface area contributed by atoms with Gasteiger partial charge in [-0.1, -0.05) is 0 Å². The molecule has 0 bridgehead atoms. The van der Waals surface area contributed by atoms with E-state index < -0.39 is 17.4 Å². The van der Waals surface area contributed by atoms with Crippen LogP contribution in [0.3, 0.4) is 0 Å². The molecule has 0 aliphatic carbocycles. The lowest BCUT2D eigenvalue weighted by atomic mass is 10.2. The normalized spacial score (nSPS) is 35.8. The summed E-state index contributed by atoms with van der Waals surface area (Å²) < 4.78 is 5.73. The fourth-order valence-electron chi connectivity index (χ4n) is 2.55. The van der Waals surface area contributed by atoms with Crippen LogP contribution in [-0.4, -0.2) is 68.6 Å². The number of hydrogen-bond donors (Lipinski definition) is 3. The minimum absolute atomic E-state index is 0.00711. The number of hydrogen-bond acceptors (Lipinski definition) is 7. The molecule has 21 heavy (non-hydrogen) atoms. The van der Waals surface area contributed by atoms with Crippen LogP contribution in [0.5, 0.6) is 0 Å². The molecule has 3 N–H and O–H groups in total. The summed E-state index contributed by atoms with van der Waals surface area (Å²) in [5.74, 6) is -0.436. The number of aliphatic imine (C=N–C) groups is 1.